The van der Waals surface area contributed by atoms with Crippen LogP contribution in [0.5, 0.6) is 0 Å². The number of nitrogens with zero attached hydrogens (tertiary/aromatic N) is 1. The molecular weight excluding hydrogens is 294 g/mol. The van der Waals surface area contributed by atoms with E-state index in [1.165, 1.54) is 0 Å². The van der Waals surface area contributed by atoms with Crippen molar-refractivity contribution in [3.05, 3.63) is 58.9 Å². The number of sulfone groups is 1. The molecule has 0 saturated heterocycles. The minimum absolute atomic E-state index is 0.0336. The summed E-state index contributed by atoms with van der Waals surface area (Å²) in [6.45, 7) is 6.37. The maximum Gasteiger partial charge on any atom is 0.182 e. The largest absolute Gasteiger partial charge is 0.257 e. The van der Waals surface area contributed by atoms with Crippen LogP contribution >= 0.6 is 0 Å². The first-order valence-corrected chi connectivity index (χ1v) is 9.22. The summed E-state index contributed by atoms with van der Waals surface area (Å²) >= 11 is 0. The second kappa shape index (κ2) is 5.20. The monoisotopic (exact) mass is 315 g/mol. The van der Waals surface area contributed by atoms with E-state index in [0.717, 1.165) is 28.9 Å². The Balaban J connectivity index is 2.10. The smallest absolute Gasteiger partial charge is 0.182 e. The molecule has 0 saturated carbocycles. The van der Waals surface area contributed by atoms with Crippen LogP contribution in [-0.4, -0.2) is 13.4 Å². The van der Waals surface area contributed by atoms with Gasteiger partial charge in [-0.25, -0.2) is 8.42 Å². The van der Waals surface area contributed by atoms with E-state index in [2.05, 4.69) is 20.8 Å². The quantitative estimate of drug-likeness (QED) is 0.748. The zero-order valence-corrected chi connectivity index (χ0v) is 14.1. The lowest BCUT2D eigenvalue weighted by Crippen LogP contribution is -2.19. The topological polar surface area (TPSA) is 47.0 Å². The van der Waals surface area contributed by atoms with Crippen molar-refractivity contribution < 1.29 is 8.42 Å². The van der Waals surface area contributed by atoms with Gasteiger partial charge in [-0.15, -0.1) is 0 Å². The Hall–Kier alpha value is -1.68. The minimum atomic E-state index is -3.30. The first-order chi connectivity index (χ1) is 10.3. The first-order valence-electron chi connectivity index (χ1n) is 7.57. The van der Waals surface area contributed by atoms with Crippen molar-refractivity contribution in [2.24, 2.45) is 0 Å². The maximum absolute atomic E-state index is 12.7. The molecule has 0 unspecified atom stereocenters. The lowest BCUT2D eigenvalue weighted by atomic mass is 9.90. The van der Waals surface area contributed by atoms with E-state index >= 15 is 0 Å². The van der Waals surface area contributed by atoms with Gasteiger partial charge in [-0.05, 0) is 36.1 Å². The van der Waals surface area contributed by atoms with Gasteiger partial charge in [0.15, 0.2) is 9.84 Å². The summed E-state index contributed by atoms with van der Waals surface area (Å²) in [5.41, 5.74) is 3.63. The normalized spacial score (nSPS) is 17.0. The molecule has 1 aliphatic heterocycles. The predicted molar refractivity (Wildman–Crippen MR) is 87.7 cm³/mol. The number of fused-ring (bicyclic) bond motifs is 2. The first kappa shape index (κ1) is 15.2. The van der Waals surface area contributed by atoms with Gasteiger partial charge in [0, 0.05) is 16.8 Å². The summed E-state index contributed by atoms with van der Waals surface area (Å²) in [5, 5.41) is 0. The van der Waals surface area contributed by atoms with Gasteiger partial charge in [0.05, 0.1) is 10.6 Å². The van der Waals surface area contributed by atoms with E-state index < -0.39 is 9.84 Å². The average molecular weight is 315 g/mol. The summed E-state index contributed by atoms with van der Waals surface area (Å²) in [5.74, 6) is 0.0385. The fourth-order valence-corrected chi connectivity index (χ4v) is 4.53. The van der Waals surface area contributed by atoms with Crippen LogP contribution in [0.25, 0.3) is 0 Å². The maximum atomic E-state index is 12.7. The summed E-state index contributed by atoms with van der Waals surface area (Å²) in [6.07, 6.45) is 1.49. The SMILES string of the molecule is CC(C)(C)c1ccc2c(n1)CCc1ccccc1S(=O)(=O)C2. The Morgan fingerprint density at radius 1 is 0.955 bits per heavy atom. The van der Waals surface area contributed by atoms with Crippen molar-refractivity contribution in [2.45, 2.75) is 49.7 Å². The second-order valence-corrected chi connectivity index (χ2v) is 8.88. The lowest BCUT2D eigenvalue weighted by Gasteiger charge is -2.22. The fourth-order valence-electron chi connectivity index (χ4n) is 2.85. The molecule has 1 aromatic carbocycles. The molecule has 3 rings (SSSR count). The highest BCUT2D eigenvalue weighted by molar-refractivity contribution is 7.90. The highest BCUT2D eigenvalue weighted by Gasteiger charge is 2.25. The van der Waals surface area contributed by atoms with Gasteiger partial charge in [-0.1, -0.05) is 45.0 Å². The summed E-state index contributed by atoms with van der Waals surface area (Å²) in [7, 11) is -3.30. The van der Waals surface area contributed by atoms with Crippen molar-refractivity contribution in [2.75, 3.05) is 0 Å². The number of aryl methyl sites for hydroxylation is 2. The Labute approximate surface area is 132 Å². The van der Waals surface area contributed by atoms with E-state index in [4.69, 9.17) is 4.98 Å². The van der Waals surface area contributed by atoms with Crippen molar-refractivity contribution >= 4 is 9.84 Å². The molecule has 0 atom stereocenters. The standard InChI is InChI=1S/C18H21NO2S/c1-18(2,3)17-11-9-14-12-22(20,21)16-7-5-4-6-13(16)8-10-15(14)19-17/h4-7,9,11H,8,10,12H2,1-3H3. The highest BCUT2D eigenvalue weighted by Crippen LogP contribution is 2.28. The summed E-state index contributed by atoms with van der Waals surface area (Å²) < 4.78 is 25.3. The molecule has 116 valence electrons. The number of aromatic nitrogens is 1. The molecular formula is C18H21NO2S. The van der Waals surface area contributed by atoms with E-state index in [0.29, 0.717) is 11.3 Å². The molecule has 1 aliphatic rings. The highest BCUT2D eigenvalue weighted by atomic mass is 32.2. The van der Waals surface area contributed by atoms with Crippen LogP contribution in [0.1, 0.15) is 43.3 Å². The van der Waals surface area contributed by atoms with Crippen LogP contribution in [0, 0.1) is 0 Å². The molecule has 2 heterocycles. The number of hydrogen-bond acceptors (Lipinski definition) is 3. The third-order valence-electron chi connectivity index (χ3n) is 4.12. The van der Waals surface area contributed by atoms with E-state index in [-0.39, 0.29) is 11.2 Å². The fraction of sp³-hybridized carbons (Fsp3) is 0.389. The van der Waals surface area contributed by atoms with Crippen molar-refractivity contribution in [3.8, 4) is 0 Å². The Morgan fingerprint density at radius 3 is 2.41 bits per heavy atom. The van der Waals surface area contributed by atoms with Crippen LogP contribution in [0.15, 0.2) is 41.3 Å². The third kappa shape index (κ3) is 2.80. The minimum Gasteiger partial charge on any atom is -0.257 e. The second-order valence-electron chi connectivity index (χ2n) is 6.92. The third-order valence-corrected chi connectivity index (χ3v) is 5.88. The molecule has 0 N–H and O–H groups in total. The van der Waals surface area contributed by atoms with Crippen molar-refractivity contribution in [3.63, 3.8) is 0 Å². The van der Waals surface area contributed by atoms with Crippen LogP contribution in [-0.2, 0) is 33.8 Å². The van der Waals surface area contributed by atoms with Gasteiger partial charge in [-0.2, -0.15) is 0 Å². The zero-order chi connectivity index (χ0) is 16.0. The Kier molecular flexibility index (Phi) is 3.60. The zero-order valence-electron chi connectivity index (χ0n) is 13.3. The number of rotatable bonds is 0. The van der Waals surface area contributed by atoms with Gasteiger partial charge >= 0.3 is 0 Å². The van der Waals surface area contributed by atoms with E-state index in [9.17, 15) is 8.42 Å². The molecule has 2 aromatic rings. The molecule has 0 spiro atoms. The van der Waals surface area contributed by atoms with Gasteiger partial charge in [0.2, 0.25) is 0 Å². The molecule has 1 aromatic heterocycles. The van der Waals surface area contributed by atoms with Gasteiger partial charge < -0.3 is 0 Å². The predicted octanol–water partition coefficient (Wildman–Crippen LogP) is 3.45. The van der Waals surface area contributed by atoms with Crippen molar-refractivity contribution in [1.29, 1.82) is 0 Å². The van der Waals surface area contributed by atoms with Crippen LogP contribution in [0.3, 0.4) is 0 Å². The van der Waals surface area contributed by atoms with Gasteiger partial charge in [0.1, 0.15) is 0 Å². The molecule has 3 nitrogen and oxygen atoms in total. The lowest BCUT2D eigenvalue weighted by molar-refractivity contribution is 0.563. The number of pyridine rings is 1. The number of hydrogen-bond donors (Lipinski definition) is 0. The van der Waals surface area contributed by atoms with Crippen LogP contribution < -0.4 is 0 Å². The average Bonchev–Trinajstić information content (AvgIpc) is 2.43. The van der Waals surface area contributed by atoms with Gasteiger partial charge in [-0.3, -0.25) is 4.98 Å². The molecule has 22 heavy (non-hydrogen) atoms. The molecule has 0 radical (unpaired) electrons. The Bertz CT molecular complexity index is 817. The molecule has 4 heteroatoms. The van der Waals surface area contributed by atoms with Gasteiger partial charge in [0.25, 0.3) is 0 Å². The summed E-state index contributed by atoms with van der Waals surface area (Å²) in [6, 6.07) is 11.2. The van der Waals surface area contributed by atoms with E-state index in [1.807, 2.05) is 24.3 Å². The van der Waals surface area contributed by atoms with Crippen LogP contribution in [0.2, 0.25) is 0 Å². The molecule has 0 bridgehead atoms. The number of benzene rings is 1. The molecule has 0 aliphatic carbocycles. The van der Waals surface area contributed by atoms with Crippen molar-refractivity contribution in [1.82, 2.24) is 4.98 Å². The van der Waals surface area contributed by atoms with Crippen LogP contribution in [0.4, 0.5) is 0 Å². The van der Waals surface area contributed by atoms with E-state index in [1.54, 1.807) is 12.1 Å². The molecule has 0 amide bonds. The molecule has 0 fully saturated rings. The Morgan fingerprint density at radius 2 is 1.68 bits per heavy atom. The summed E-state index contributed by atoms with van der Waals surface area (Å²) in [4.78, 5) is 5.23.